The Hall–Kier alpha value is -4.18. The minimum Gasteiger partial charge on any atom is -0.435 e. The van der Waals surface area contributed by atoms with Gasteiger partial charge in [0, 0.05) is 34.6 Å². The number of ether oxygens (including phenoxy) is 1. The molecule has 0 bridgehead atoms. The maximum absolute atomic E-state index is 13.3. The van der Waals surface area contributed by atoms with E-state index in [1.54, 1.807) is 34.5 Å². The van der Waals surface area contributed by atoms with E-state index in [9.17, 15) is 13.6 Å². The molecular weight excluding hydrogens is 472 g/mol. The Morgan fingerprint density at radius 1 is 1.09 bits per heavy atom. The van der Waals surface area contributed by atoms with Crippen molar-refractivity contribution in [2.75, 3.05) is 5.32 Å². The molecule has 0 aliphatic rings. The molecule has 3 heterocycles. The van der Waals surface area contributed by atoms with Crippen molar-refractivity contribution in [3.05, 3.63) is 77.9 Å². The molecule has 0 fully saturated rings. The van der Waals surface area contributed by atoms with Crippen LogP contribution in [0.3, 0.4) is 0 Å². The van der Waals surface area contributed by atoms with Crippen LogP contribution in [-0.2, 0) is 6.54 Å². The third kappa shape index (κ3) is 4.87. The lowest BCUT2D eigenvalue weighted by Crippen LogP contribution is -2.13. The molecule has 0 saturated carbocycles. The Kier molecular flexibility index (Phi) is 6.19. The lowest BCUT2D eigenvalue weighted by molar-refractivity contribution is -0.0498. The van der Waals surface area contributed by atoms with Crippen LogP contribution in [0, 0.1) is 0 Å². The van der Waals surface area contributed by atoms with Crippen LogP contribution in [0.25, 0.3) is 33.4 Å². The molecule has 3 aromatic heterocycles. The summed E-state index contributed by atoms with van der Waals surface area (Å²) in [6, 6.07) is 15.4. The summed E-state index contributed by atoms with van der Waals surface area (Å²) in [5.41, 5.74) is 3.97. The number of aryl methyl sites for hydroxylation is 1. The fraction of sp³-hybridized carbons (Fsp3) is 0.120. The van der Waals surface area contributed by atoms with Crippen LogP contribution in [0.1, 0.15) is 17.3 Å². The van der Waals surface area contributed by atoms with Gasteiger partial charge in [-0.25, -0.2) is 9.97 Å². The Morgan fingerprint density at radius 2 is 1.89 bits per heavy atom. The summed E-state index contributed by atoms with van der Waals surface area (Å²) in [5, 5.41) is 10.1. The number of anilines is 1. The first-order valence-electron chi connectivity index (χ1n) is 10.7. The molecule has 5 rings (SSSR count). The van der Waals surface area contributed by atoms with Gasteiger partial charge >= 0.3 is 6.61 Å². The van der Waals surface area contributed by atoms with Crippen LogP contribution < -0.4 is 10.1 Å². The van der Waals surface area contributed by atoms with E-state index in [0.717, 1.165) is 17.5 Å². The number of fused-ring (bicyclic) bond motifs is 1. The van der Waals surface area contributed by atoms with Crippen molar-refractivity contribution in [1.82, 2.24) is 19.7 Å². The predicted octanol–water partition coefficient (Wildman–Crippen LogP) is 6.10. The number of aromatic nitrogens is 4. The number of hydrogen-bond donors (Lipinski definition) is 1. The molecular formula is C25H19F2N5O2S. The van der Waals surface area contributed by atoms with E-state index in [4.69, 9.17) is 4.98 Å². The normalized spacial score (nSPS) is 11.2. The summed E-state index contributed by atoms with van der Waals surface area (Å²) in [5.74, 6) is -0.244. The van der Waals surface area contributed by atoms with Crippen molar-refractivity contribution in [2.45, 2.75) is 20.1 Å². The standard InChI is InChI=1S/C25H19F2N5O2S/c1-2-32-13-16(12-28-32)21-11-19(18-5-3-4-6-20(18)29-21)23(33)31-25-30-22(14-35-25)15-7-9-17(10-8-15)34-24(26)27/h3-14,24H,2H2,1H3,(H,30,31,33). The van der Waals surface area contributed by atoms with E-state index in [-0.39, 0.29) is 11.7 Å². The number of hydrogen-bond acceptors (Lipinski definition) is 6. The number of amides is 1. The van der Waals surface area contributed by atoms with Crippen LogP contribution >= 0.6 is 11.3 Å². The molecule has 1 N–H and O–H groups in total. The zero-order chi connectivity index (χ0) is 24.4. The summed E-state index contributed by atoms with van der Waals surface area (Å²) >= 11 is 1.27. The van der Waals surface area contributed by atoms with E-state index >= 15 is 0 Å². The third-order valence-electron chi connectivity index (χ3n) is 5.31. The molecule has 0 aliphatic carbocycles. The van der Waals surface area contributed by atoms with Crippen molar-refractivity contribution >= 4 is 33.3 Å². The average Bonchev–Trinajstić information content (AvgIpc) is 3.53. The van der Waals surface area contributed by atoms with Crippen LogP contribution in [0.5, 0.6) is 5.75 Å². The van der Waals surface area contributed by atoms with Gasteiger partial charge in [0.1, 0.15) is 5.75 Å². The molecule has 0 aliphatic heterocycles. The monoisotopic (exact) mass is 491 g/mol. The number of alkyl halides is 2. The van der Waals surface area contributed by atoms with Crippen LogP contribution in [0.15, 0.2) is 72.4 Å². The molecule has 35 heavy (non-hydrogen) atoms. The number of pyridine rings is 1. The van der Waals surface area contributed by atoms with E-state index < -0.39 is 6.61 Å². The van der Waals surface area contributed by atoms with E-state index in [2.05, 4.69) is 20.1 Å². The first-order valence-corrected chi connectivity index (χ1v) is 11.6. The van der Waals surface area contributed by atoms with Gasteiger partial charge in [-0.3, -0.25) is 14.8 Å². The zero-order valence-electron chi connectivity index (χ0n) is 18.5. The fourth-order valence-electron chi connectivity index (χ4n) is 3.62. The first kappa shape index (κ1) is 22.6. The smallest absolute Gasteiger partial charge is 0.387 e. The van der Waals surface area contributed by atoms with Crippen molar-refractivity contribution in [3.63, 3.8) is 0 Å². The first-order chi connectivity index (χ1) is 17.0. The van der Waals surface area contributed by atoms with Crippen molar-refractivity contribution in [2.24, 2.45) is 0 Å². The Morgan fingerprint density at radius 3 is 2.63 bits per heavy atom. The van der Waals surface area contributed by atoms with Gasteiger partial charge in [0.2, 0.25) is 0 Å². The molecule has 0 unspecified atom stereocenters. The van der Waals surface area contributed by atoms with E-state index in [0.29, 0.717) is 33.2 Å². The van der Waals surface area contributed by atoms with Gasteiger partial charge in [-0.15, -0.1) is 11.3 Å². The Bertz CT molecular complexity index is 1500. The number of halogens is 2. The minimum absolute atomic E-state index is 0.0670. The minimum atomic E-state index is -2.88. The summed E-state index contributed by atoms with van der Waals surface area (Å²) in [4.78, 5) is 22.5. The van der Waals surface area contributed by atoms with Crippen molar-refractivity contribution in [1.29, 1.82) is 0 Å². The quantitative estimate of drug-likeness (QED) is 0.298. The van der Waals surface area contributed by atoms with Crippen LogP contribution in [0.4, 0.5) is 13.9 Å². The Labute approximate surface area is 203 Å². The SMILES string of the molecule is CCn1cc(-c2cc(C(=O)Nc3nc(-c4ccc(OC(F)F)cc4)cs3)c3ccccc3n2)cn1. The molecule has 1 amide bonds. The van der Waals surface area contributed by atoms with Crippen molar-refractivity contribution < 1.29 is 18.3 Å². The second-order valence-electron chi connectivity index (χ2n) is 7.55. The van der Waals surface area contributed by atoms with Gasteiger partial charge in [0.15, 0.2) is 5.13 Å². The lowest BCUT2D eigenvalue weighted by atomic mass is 10.1. The number of carbonyl (C=O) groups excluding carboxylic acids is 1. The maximum atomic E-state index is 13.3. The fourth-order valence-corrected chi connectivity index (χ4v) is 4.33. The molecule has 0 atom stereocenters. The second kappa shape index (κ2) is 9.59. The summed E-state index contributed by atoms with van der Waals surface area (Å²) in [7, 11) is 0. The highest BCUT2D eigenvalue weighted by molar-refractivity contribution is 7.14. The summed E-state index contributed by atoms with van der Waals surface area (Å²) in [6.07, 6.45) is 3.62. The second-order valence-corrected chi connectivity index (χ2v) is 8.41. The Balaban J connectivity index is 1.41. The zero-order valence-corrected chi connectivity index (χ0v) is 19.3. The number of thiazole rings is 1. The predicted molar refractivity (Wildman–Crippen MR) is 131 cm³/mol. The van der Waals surface area contributed by atoms with Gasteiger partial charge in [-0.05, 0) is 43.3 Å². The number of rotatable bonds is 7. The number of nitrogens with zero attached hydrogens (tertiary/aromatic N) is 4. The highest BCUT2D eigenvalue weighted by Gasteiger charge is 2.17. The molecule has 10 heteroatoms. The lowest BCUT2D eigenvalue weighted by Gasteiger charge is -2.08. The molecule has 176 valence electrons. The van der Waals surface area contributed by atoms with Gasteiger partial charge in [-0.1, -0.05) is 18.2 Å². The largest absolute Gasteiger partial charge is 0.435 e. The van der Waals surface area contributed by atoms with E-state index in [1.807, 2.05) is 37.4 Å². The summed E-state index contributed by atoms with van der Waals surface area (Å²) in [6.45, 7) is -0.151. The molecule has 0 saturated heterocycles. The summed E-state index contributed by atoms with van der Waals surface area (Å²) < 4.78 is 30.9. The van der Waals surface area contributed by atoms with Gasteiger partial charge in [0.05, 0.1) is 28.7 Å². The van der Waals surface area contributed by atoms with Gasteiger partial charge in [-0.2, -0.15) is 13.9 Å². The third-order valence-corrected chi connectivity index (χ3v) is 6.07. The molecule has 5 aromatic rings. The highest BCUT2D eigenvalue weighted by atomic mass is 32.1. The van der Waals surface area contributed by atoms with Crippen molar-refractivity contribution in [3.8, 4) is 28.3 Å². The molecule has 2 aromatic carbocycles. The topological polar surface area (TPSA) is 81.9 Å². The van der Waals surface area contributed by atoms with Gasteiger partial charge < -0.3 is 4.74 Å². The number of carbonyl (C=O) groups is 1. The number of benzene rings is 2. The van der Waals surface area contributed by atoms with Crippen LogP contribution in [-0.4, -0.2) is 32.3 Å². The average molecular weight is 492 g/mol. The van der Waals surface area contributed by atoms with Crippen LogP contribution in [0.2, 0.25) is 0 Å². The molecule has 0 spiro atoms. The number of para-hydroxylation sites is 1. The highest BCUT2D eigenvalue weighted by Crippen LogP contribution is 2.29. The van der Waals surface area contributed by atoms with Gasteiger partial charge in [0.25, 0.3) is 5.91 Å². The maximum Gasteiger partial charge on any atom is 0.387 e. The molecule has 7 nitrogen and oxygen atoms in total. The molecule has 0 radical (unpaired) electrons. The number of nitrogens with one attached hydrogen (secondary N) is 1. The van der Waals surface area contributed by atoms with E-state index in [1.165, 1.54) is 23.5 Å².